The summed E-state index contributed by atoms with van der Waals surface area (Å²) in [6, 6.07) is 15.5. The lowest BCUT2D eigenvalue weighted by molar-refractivity contribution is -0.886. The summed E-state index contributed by atoms with van der Waals surface area (Å²) >= 11 is 0. The molecule has 2 aromatic carbocycles. The van der Waals surface area contributed by atoms with E-state index in [4.69, 9.17) is 13.9 Å². The molecule has 3 aromatic rings. The first-order valence-corrected chi connectivity index (χ1v) is 10.8. The Morgan fingerprint density at radius 1 is 1.03 bits per heavy atom. The van der Waals surface area contributed by atoms with E-state index in [1.54, 1.807) is 4.90 Å². The van der Waals surface area contributed by atoms with Gasteiger partial charge in [-0.2, -0.15) is 0 Å². The number of carbonyl (C=O) groups is 1. The molecule has 1 aromatic heterocycles. The van der Waals surface area contributed by atoms with Gasteiger partial charge in [0.05, 0.1) is 26.2 Å². The van der Waals surface area contributed by atoms with Crippen LogP contribution >= 0.6 is 0 Å². The average molecular weight is 420 g/mol. The van der Waals surface area contributed by atoms with Crippen molar-refractivity contribution in [2.45, 2.75) is 19.4 Å². The second-order valence-electron chi connectivity index (χ2n) is 8.02. The second kappa shape index (κ2) is 8.81. The standard InChI is InChI=1S/C24H25N3O4/c28-24(22-23(29-16-25-22)19-6-2-1-3-7-19)27(13-12-26-10-4-5-11-26)15-18-8-9-20-21(14-18)31-17-30-20/h1-3,6-9,14,16H,4-5,10-13,15,17H2/p+1. The summed E-state index contributed by atoms with van der Waals surface area (Å²) < 4.78 is 16.5. The number of benzene rings is 2. The Balaban J connectivity index is 1.40. The lowest BCUT2D eigenvalue weighted by Crippen LogP contribution is -3.10. The SMILES string of the molecule is O=C(c1ncoc1-c1ccccc1)N(CC[NH+]1CCCC1)Cc1ccc2c(c1)OCO2. The first-order valence-electron chi connectivity index (χ1n) is 10.8. The second-order valence-corrected chi connectivity index (χ2v) is 8.02. The van der Waals surface area contributed by atoms with Crippen molar-refractivity contribution >= 4 is 5.91 Å². The third kappa shape index (κ3) is 4.27. The number of likely N-dealkylation sites (tertiary alicyclic amines) is 1. The molecule has 1 fully saturated rings. The highest BCUT2D eigenvalue weighted by Gasteiger charge is 2.26. The van der Waals surface area contributed by atoms with Crippen LogP contribution in [0.5, 0.6) is 11.5 Å². The Kier molecular flexibility index (Phi) is 5.58. The Hall–Kier alpha value is -3.32. The molecule has 1 N–H and O–H groups in total. The average Bonchev–Trinajstić information content (AvgIpc) is 3.58. The number of hydrogen-bond acceptors (Lipinski definition) is 5. The lowest BCUT2D eigenvalue weighted by Gasteiger charge is -2.24. The number of nitrogens with zero attached hydrogens (tertiary/aromatic N) is 2. The smallest absolute Gasteiger partial charge is 0.276 e. The quantitative estimate of drug-likeness (QED) is 0.636. The highest BCUT2D eigenvalue weighted by Crippen LogP contribution is 2.33. The molecule has 31 heavy (non-hydrogen) atoms. The number of rotatable bonds is 7. The van der Waals surface area contributed by atoms with Gasteiger partial charge < -0.3 is 23.7 Å². The van der Waals surface area contributed by atoms with Crippen LogP contribution in [0.4, 0.5) is 0 Å². The zero-order chi connectivity index (χ0) is 21.0. The molecule has 0 spiro atoms. The lowest BCUT2D eigenvalue weighted by atomic mass is 10.1. The summed E-state index contributed by atoms with van der Waals surface area (Å²) in [5, 5.41) is 0. The Labute approximate surface area is 181 Å². The topological polar surface area (TPSA) is 69.2 Å². The maximum Gasteiger partial charge on any atom is 0.276 e. The van der Waals surface area contributed by atoms with E-state index < -0.39 is 0 Å². The van der Waals surface area contributed by atoms with E-state index in [-0.39, 0.29) is 12.7 Å². The minimum Gasteiger partial charge on any atom is -0.454 e. The normalized spacial score (nSPS) is 15.4. The van der Waals surface area contributed by atoms with Gasteiger partial charge in [0.25, 0.3) is 5.91 Å². The first kappa shape index (κ1) is 19.6. The minimum absolute atomic E-state index is 0.121. The minimum atomic E-state index is -0.121. The van der Waals surface area contributed by atoms with Gasteiger partial charge in [0, 0.05) is 24.9 Å². The molecule has 0 radical (unpaired) electrons. The molecule has 160 valence electrons. The van der Waals surface area contributed by atoms with Crippen molar-refractivity contribution in [1.29, 1.82) is 0 Å². The fourth-order valence-corrected chi connectivity index (χ4v) is 4.27. The number of oxazole rings is 1. The van der Waals surface area contributed by atoms with Crippen molar-refractivity contribution < 1.29 is 23.6 Å². The molecule has 7 nitrogen and oxygen atoms in total. The van der Waals surface area contributed by atoms with Crippen LogP contribution in [0.2, 0.25) is 0 Å². The molecule has 7 heteroatoms. The maximum absolute atomic E-state index is 13.6. The molecule has 0 atom stereocenters. The number of nitrogens with one attached hydrogen (secondary N) is 1. The van der Waals surface area contributed by atoms with Crippen LogP contribution in [-0.2, 0) is 6.54 Å². The molecule has 5 rings (SSSR count). The summed E-state index contributed by atoms with van der Waals surface area (Å²) in [5.41, 5.74) is 2.19. The molecular weight excluding hydrogens is 394 g/mol. The number of quaternary nitrogens is 1. The summed E-state index contributed by atoms with van der Waals surface area (Å²) in [4.78, 5) is 21.3. The fraction of sp³-hybridized carbons (Fsp3) is 0.333. The molecule has 0 bridgehead atoms. The van der Waals surface area contributed by atoms with Gasteiger partial charge in [0.2, 0.25) is 6.79 Å². The third-order valence-electron chi connectivity index (χ3n) is 5.95. The number of amides is 1. The van der Waals surface area contributed by atoms with Gasteiger partial charge in [0.15, 0.2) is 29.3 Å². The summed E-state index contributed by atoms with van der Waals surface area (Å²) in [6.45, 7) is 4.64. The zero-order valence-electron chi connectivity index (χ0n) is 17.4. The van der Waals surface area contributed by atoms with Gasteiger partial charge in [-0.1, -0.05) is 36.4 Å². The summed E-state index contributed by atoms with van der Waals surface area (Å²) in [5.74, 6) is 1.85. The number of hydrogen-bond donors (Lipinski definition) is 1. The molecule has 1 saturated heterocycles. The van der Waals surface area contributed by atoms with Crippen LogP contribution in [0.15, 0.2) is 59.3 Å². The van der Waals surface area contributed by atoms with Crippen LogP contribution in [0.1, 0.15) is 28.9 Å². The van der Waals surface area contributed by atoms with E-state index in [0.29, 0.717) is 24.5 Å². The number of ether oxygens (including phenoxy) is 2. The third-order valence-corrected chi connectivity index (χ3v) is 5.95. The Bertz CT molecular complexity index is 1040. The molecule has 2 aliphatic rings. The van der Waals surface area contributed by atoms with Gasteiger partial charge in [-0.05, 0) is 17.7 Å². The van der Waals surface area contributed by atoms with Gasteiger partial charge in [-0.15, -0.1) is 0 Å². The number of carbonyl (C=O) groups excluding carboxylic acids is 1. The number of aromatic nitrogens is 1. The predicted molar refractivity (Wildman–Crippen MR) is 114 cm³/mol. The van der Waals surface area contributed by atoms with Gasteiger partial charge >= 0.3 is 0 Å². The van der Waals surface area contributed by atoms with Crippen LogP contribution in [0.25, 0.3) is 11.3 Å². The monoisotopic (exact) mass is 420 g/mol. The molecule has 2 aliphatic heterocycles. The molecule has 3 heterocycles. The van der Waals surface area contributed by atoms with Crippen LogP contribution < -0.4 is 14.4 Å². The predicted octanol–water partition coefficient (Wildman–Crippen LogP) is 2.39. The highest BCUT2D eigenvalue weighted by molar-refractivity contribution is 5.97. The van der Waals surface area contributed by atoms with Crippen LogP contribution in [-0.4, -0.2) is 48.8 Å². The van der Waals surface area contributed by atoms with Crippen molar-refractivity contribution in [2.24, 2.45) is 0 Å². The first-order chi connectivity index (χ1) is 15.3. The summed E-state index contributed by atoms with van der Waals surface area (Å²) in [7, 11) is 0. The van der Waals surface area contributed by atoms with Gasteiger partial charge in [-0.25, -0.2) is 4.98 Å². The van der Waals surface area contributed by atoms with E-state index in [9.17, 15) is 4.79 Å². The van der Waals surface area contributed by atoms with Crippen LogP contribution in [0.3, 0.4) is 0 Å². The van der Waals surface area contributed by atoms with E-state index in [1.807, 2.05) is 53.4 Å². The van der Waals surface area contributed by atoms with Crippen molar-refractivity contribution in [1.82, 2.24) is 9.88 Å². The van der Waals surface area contributed by atoms with Crippen molar-refractivity contribution in [3.8, 4) is 22.8 Å². The van der Waals surface area contributed by atoms with E-state index >= 15 is 0 Å². The maximum atomic E-state index is 13.6. The molecule has 0 saturated carbocycles. The molecule has 1 amide bonds. The number of fused-ring (bicyclic) bond motifs is 1. The summed E-state index contributed by atoms with van der Waals surface area (Å²) in [6.07, 6.45) is 3.86. The van der Waals surface area contributed by atoms with E-state index in [1.165, 1.54) is 32.3 Å². The van der Waals surface area contributed by atoms with Crippen molar-refractivity contribution in [3.63, 3.8) is 0 Å². The van der Waals surface area contributed by atoms with E-state index in [0.717, 1.165) is 29.2 Å². The van der Waals surface area contributed by atoms with Crippen molar-refractivity contribution in [3.05, 3.63) is 66.2 Å². The molecule has 0 unspecified atom stereocenters. The molecular formula is C24H26N3O4+. The van der Waals surface area contributed by atoms with Gasteiger partial charge in [-0.3, -0.25) is 4.79 Å². The zero-order valence-corrected chi connectivity index (χ0v) is 17.4. The molecule has 0 aliphatic carbocycles. The van der Waals surface area contributed by atoms with E-state index in [2.05, 4.69) is 4.98 Å². The Morgan fingerprint density at radius 3 is 2.68 bits per heavy atom. The fourth-order valence-electron chi connectivity index (χ4n) is 4.27. The highest BCUT2D eigenvalue weighted by atomic mass is 16.7. The Morgan fingerprint density at radius 2 is 1.84 bits per heavy atom. The largest absolute Gasteiger partial charge is 0.454 e. The van der Waals surface area contributed by atoms with Gasteiger partial charge in [0.1, 0.15) is 0 Å². The van der Waals surface area contributed by atoms with Crippen LogP contribution in [0, 0.1) is 0 Å². The van der Waals surface area contributed by atoms with Crippen molar-refractivity contribution in [2.75, 3.05) is 33.0 Å².